The largest absolute Gasteiger partial charge is 0.485 e. The standard InChI is InChI=1S/C24H27N3O2/c1-14-15(2)23-19(16(3)22(14)26-28)11-24(4,29-23)13-27-10-9-18-17-7-5-6-8-20(17)25-21(18)12-27/h5-8,25H,9-13H2,1-4H3. The van der Waals surface area contributed by atoms with Gasteiger partial charge >= 0.3 is 0 Å². The average molecular weight is 389 g/mol. The number of hydrogen-bond acceptors (Lipinski definition) is 4. The number of hydrogen-bond donors (Lipinski definition) is 1. The van der Waals surface area contributed by atoms with Gasteiger partial charge in [0.05, 0.1) is 0 Å². The second kappa shape index (κ2) is 6.42. The molecule has 0 saturated carbocycles. The fraction of sp³-hybridized carbons (Fsp3) is 0.417. The summed E-state index contributed by atoms with van der Waals surface area (Å²) in [6.07, 6.45) is 1.87. The van der Waals surface area contributed by atoms with Crippen LogP contribution in [0.2, 0.25) is 0 Å². The highest BCUT2D eigenvalue weighted by molar-refractivity contribution is 5.84. The van der Waals surface area contributed by atoms with Gasteiger partial charge in [-0.3, -0.25) is 4.90 Å². The van der Waals surface area contributed by atoms with Crippen molar-refractivity contribution in [2.24, 2.45) is 5.18 Å². The molecular weight excluding hydrogens is 362 g/mol. The van der Waals surface area contributed by atoms with Crippen molar-refractivity contribution in [1.82, 2.24) is 9.88 Å². The molecule has 1 aromatic heterocycles. The maximum absolute atomic E-state index is 11.4. The van der Waals surface area contributed by atoms with Crippen LogP contribution in [0.5, 0.6) is 5.75 Å². The molecule has 1 N–H and O–H groups in total. The van der Waals surface area contributed by atoms with E-state index in [9.17, 15) is 4.91 Å². The minimum absolute atomic E-state index is 0.296. The molecule has 0 fully saturated rings. The Hall–Kier alpha value is -2.66. The Morgan fingerprint density at radius 2 is 1.93 bits per heavy atom. The van der Waals surface area contributed by atoms with Crippen LogP contribution in [0, 0.1) is 25.7 Å². The monoisotopic (exact) mass is 389 g/mol. The van der Waals surface area contributed by atoms with Crippen molar-refractivity contribution in [2.45, 2.75) is 52.7 Å². The summed E-state index contributed by atoms with van der Waals surface area (Å²) in [5, 5.41) is 4.65. The lowest BCUT2D eigenvalue weighted by Gasteiger charge is -2.34. The summed E-state index contributed by atoms with van der Waals surface area (Å²) >= 11 is 0. The molecule has 150 valence electrons. The summed E-state index contributed by atoms with van der Waals surface area (Å²) in [5.74, 6) is 0.957. The van der Waals surface area contributed by atoms with Crippen LogP contribution in [0.25, 0.3) is 10.9 Å². The third-order valence-corrected chi connectivity index (χ3v) is 6.85. The Morgan fingerprint density at radius 3 is 2.72 bits per heavy atom. The number of rotatable bonds is 3. The highest BCUT2D eigenvalue weighted by atomic mass is 16.5. The molecule has 3 heterocycles. The Bertz CT molecular complexity index is 1150. The van der Waals surface area contributed by atoms with E-state index in [0.29, 0.717) is 5.69 Å². The molecule has 2 aromatic carbocycles. The molecule has 29 heavy (non-hydrogen) atoms. The van der Waals surface area contributed by atoms with E-state index in [1.165, 1.54) is 22.2 Å². The molecule has 0 spiro atoms. The molecule has 3 aromatic rings. The maximum Gasteiger partial charge on any atom is 0.127 e. The number of aromatic amines is 1. The van der Waals surface area contributed by atoms with Crippen LogP contribution in [-0.2, 0) is 19.4 Å². The zero-order chi connectivity index (χ0) is 20.3. The zero-order valence-corrected chi connectivity index (χ0v) is 17.6. The van der Waals surface area contributed by atoms with E-state index in [1.54, 1.807) is 0 Å². The lowest BCUT2D eigenvalue weighted by atomic mass is 9.91. The van der Waals surface area contributed by atoms with Crippen molar-refractivity contribution in [3.8, 4) is 5.75 Å². The van der Waals surface area contributed by atoms with Gasteiger partial charge in [-0.15, -0.1) is 4.91 Å². The van der Waals surface area contributed by atoms with Crippen LogP contribution in [-0.4, -0.2) is 28.6 Å². The molecule has 0 bridgehead atoms. The quantitative estimate of drug-likeness (QED) is 0.623. The van der Waals surface area contributed by atoms with Crippen LogP contribution in [0.3, 0.4) is 0 Å². The fourth-order valence-electron chi connectivity index (χ4n) is 5.26. The third kappa shape index (κ3) is 2.79. The van der Waals surface area contributed by atoms with Crippen LogP contribution >= 0.6 is 0 Å². The number of ether oxygens (including phenoxy) is 1. The molecule has 0 aliphatic carbocycles. The number of nitrogens with one attached hydrogen (secondary N) is 1. The van der Waals surface area contributed by atoms with E-state index in [-0.39, 0.29) is 5.60 Å². The van der Waals surface area contributed by atoms with Crippen molar-refractivity contribution in [2.75, 3.05) is 13.1 Å². The topological polar surface area (TPSA) is 57.7 Å². The Morgan fingerprint density at radius 1 is 1.14 bits per heavy atom. The second-order valence-corrected chi connectivity index (χ2v) is 8.94. The lowest BCUT2D eigenvalue weighted by Crippen LogP contribution is -2.46. The molecule has 0 saturated heterocycles. The van der Waals surface area contributed by atoms with Crippen molar-refractivity contribution in [3.05, 3.63) is 62.7 Å². The zero-order valence-electron chi connectivity index (χ0n) is 17.6. The molecule has 5 nitrogen and oxygen atoms in total. The molecular formula is C24H27N3O2. The van der Waals surface area contributed by atoms with Gasteiger partial charge in [0.2, 0.25) is 0 Å². The molecule has 0 amide bonds. The summed E-state index contributed by atoms with van der Waals surface area (Å²) in [6, 6.07) is 8.57. The van der Waals surface area contributed by atoms with E-state index in [2.05, 4.69) is 46.2 Å². The van der Waals surface area contributed by atoms with E-state index in [0.717, 1.165) is 60.5 Å². The Balaban J connectivity index is 1.40. The van der Waals surface area contributed by atoms with Gasteiger partial charge in [0.25, 0.3) is 0 Å². The number of aromatic nitrogens is 1. The van der Waals surface area contributed by atoms with Crippen molar-refractivity contribution < 1.29 is 4.74 Å². The van der Waals surface area contributed by atoms with Crippen LogP contribution in [0.4, 0.5) is 5.69 Å². The SMILES string of the molecule is Cc1c(C)c2c(c(C)c1N=O)CC(C)(CN1CCc3c([nH]c4ccccc34)C1)O2. The Kier molecular flexibility index (Phi) is 4.07. The predicted octanol–water partition coefficient (Wildman–Crippen LogP) is 5.24. The van der Waals surface area contributed by atoms with Crippen LogP contribution < -0.4 is 4.74 Å². The van der Waals surface area contributed by atoms with Gasteiger partial charge in [-0.25, -0.2) is 0 Å². The fourth-order valence-corrected chi connectivity index (χ4v) is 5.26. The number of nitrogens with zero attached hydrogens (tertiary/aromatic N) is 2. The predicted molar refractivity (Wildman–Crippen MR) is 116 cm³/mol. The third-order valence-electron chi connectivity index (χ3n) is 6.85. The summed E-state index contributed by atoms with van der Waals surface area (Å²) in [6.45, 7) is 11.0. The van der Waals surface area contributed by atoms with Gasteiger partial charge < -0.3 is 9.72 Å². The van der Waals surface area contributed by atoms with E-state index >= 15 is 0 Å². The number of nitroso groups, excluding NO2 is 1. The van der Waals surface area contributed by atoms with Gasteiger partial charge in [0.1, 0.15) is 17.0 Å². The molecule has 1 unspecified atom stereocenters. The van der Waals surface area contributed by atoms with Gasteiger partial charge in [-0.2, -0.15) is 0 Å². The summed E-state index contributed by atoms with van der Waals surface area (Å²) in [7, 11) is 0. The van der Waals surface area contributed by atoms with E-state index in [1.807, 2.05) is 20.8 Å². The van der Waals surface area contributed by atoms with Gasteiger partial charge in [0.15, 0.2) is 0 Å². The van der Waals surface area contributed by atoms with Crippen molar-refractivity contribution >= 4 is 16.6 Å². The molecule has 5 rings (SSSR count). The summed E-state index contributed by atoms with van der Waals surface area (Å²) < 4.78 is 6.54. The first-order chi connectivity index (χ1) is 13.9. The summed E-state index contributed by atoms with van der Waals surface area (Å²) in [4.78, 5) is 17.5. The molecule has 1 atom stereocenters. The van der Waals surface area contributed by atoms with Crippen LogP contribution in [0.15, 0.2) is 29.4 Å². The first kappa shape index (κ1) is 18.4. The molecule has 0 radical (unpaired) electrons. The first-order valence-corrected chi connectivity index (χ1v) is 10.4. The number of para-hydroxylation sites is 1. The number of benzene rings is 2. The van der Waals surface area contributed by atoms with Crippen LogP contribution in [0.1, 0.15) is 40.4 Å². The van der Waals surface area contributed by atoms with Gasteiger partial charge in [-0.05, 0) is 67.6 Å². The molecule has 2 aliphatic heterocycles. The first-order valence-electron chi connectivity index (χ1n) is 10.4. The second-order valence-electron chi connectivity index (χ2n) is 8.94. The normalized spacial score (nSPS) is 21.1. The average Bonchev–Trinajstić information content (AvgIpc) is 3.24. The highest BCUT2D eigenvalue weighted by Gasteiger charge is 2.40. The van der Waals surface area contributed by atoms with Gasteiger partial charge in [0, 0.05) is 48.2 Å². The van der Waals surface area contributed by atoms with Crippen molar-refractivity contribution in [3.63, 3.8) is 0 Å². The minimum Gasteiger partial charge on any atom is -0.485 e. The molecule has 2 aliphatic rings. The minimum atomic E-state index is -0.296. The van der Waals surface area contributed by atoms with Crippen molar-refractivity contribution in [1.29, 1.82) is 0 Å². The van der Waals surface area contributed by atoms with Gasteiger partial charge in [-0.1, -0.05) is 18.2 Å². The number of H-pyrrole nitrogens is 1. The lowest BCUT2D eigenvalue weighted by molar-refractivity contribution is 0.0569. The highest BCUT2D eigenvalue weighted by Crippen LogP contribution is 2.45. The summed E-state index contributed by atoms with van der Waals surface area (Å²) in [5.41, 5.74) is 8.39. The Labute approximate surface area is 171 Å². The smallest absolute Gasteiger partial charge is 0.127 e. The maximum atomic E-state index is 11.4. The molecule has 5 heteroatoms. The van der Waals surface area contributed by atoms with E-state index in [4.69, 9.17) is 4.74 Å². The van der Waals surface area contributed by atoms with E-state index < -0.39 is 0 Å². The number of fused-ring (bicyclic) bond motifs is 4.